The fourth-order valence-electron chi connectivity index (χ4n) is 2.22. The lowest BCUT2D eigenvalue weighted by Gasteiger charge is -2.41. The van der Waals surface area contributed by atoms with Gasteiger partial charge in [0, 0.05) is 5.38 Å². The summed E-state index contributed by atoms with van der Waals surface area (Å²) in [5, 5.41) is 7.42. The molecular weight excluding hydrogens is 418 g/mol. The van der Waals surface area contributed by atoms with E-state index in [0.29, 0.717) is 6.42 Å². The summed E-state index contributed by atoms with van der Waals surface area (Å²) in [6.07, 6.45) is 0.604. The third-order valence-electron chi connectivity index (χ3n) is 3.46. The highest BCUT2D eigenvalue weighted by molar-refractivity contribution is 7.84. The molecule has 1 aromatic rings. The fraction of sp³-hybridized carbons (Fsp3) is 0.462. The van der Waals surface area contributed by atoms with Crippen LogP contribution in [-0.4, -0.2) is 71.6 Å². The zero-order valence-corrected chi connectivity index (χ0v) is 16.3. The molecule has 0 aliphatic carbocycles. The number of esters is 1. The molecule has 1 aliphatic rings. The number of oxime groups is 1. The Hall–Kier alpha value is -2.78. The Morgan fingerprint density at radius 2 is 2.18 bits per heavy atom. The quantitative estimate of drug-likeness (QED) is 0.108. The maximum atomic E-state index is 12.6. The van der Waals surface area contributed by atoms with Crippen molar-refractivity contribution < 1.29 is 36.9 Å². The molecule has 1 aromatic heterocycles. The predicted octanol–water partition coefficient (Wildman–Crippen LogP) is -1.47. The smallest absolute Gasteiger partial charge is 0.363 e. The van der Waals surface area contributed by atoms with Crippen molar-refractivity contribution in [1.29, 1.82) is 0 Å². The Labute approximate surface area is 163 Å². The summed E-state index contributed by atoms with van der Waals surface area (Å²) in [5.41, 5.74) is 5.27. The Balaban J connectivity index is 2.27. The van der Waals surface area contributed by atoms with Crippen molar-refractivity contribution in [2.75, 3.05) is 19.5 Å². The van der Waals surface area contributed by atoms with Crippen LogP contribution in [0.1, 0.15) is 19.0 Å². The summed E-state index contributed by atoms with van der Waals surface area (Å²) in [6.45, 7) is 2.01. The second kappa shape index (κ2) is 8.49. The van der Waals surface area contributed by atoms with Crippen LogP contribution in [0.5, 0.6) is 0 Å². The van der Waals surface area contributed by atoms with Crippen LogP contribution in [0.15, 0.2) is 10.5 Å². The largest absolute Gasteiger partial charge is 0.467 e. The minimum atomic E-state index is -5.03. The van der Waals surface area contributed by atoms with E-state index in [9.17, 15) is 22.8 Å². The van der Waals surface area contributed by atoms with E-state index in [1.165, 1.54) is 5.38 Å². The number of nitrogens with one attached hydrogen (secondary N) is 1. The molecule has 13 nitrogen and oxygen atoms in total. The van der Waals surface area contributed by atoms with Gasteiger partial charge in [-0.3, -0.25) is 14.1 Å². The molecular formula is C13H17N5O8S2. The number of amides is 2. The Bertz CT molecular complexity index is 912. The number of hydrogen-bond donors (Lipinski definition) is 3. The average Bonchev–Trinajstić information content (AvgIpc) is 3.04. The summed E-state index contributed by atoms with van der Waals surface area (Å²) < 4.78 is 36.0. The zero-order chi connectivity index (χ0) is 21.1. The number of methoxy groups -OCH3 is 1. The van der Waals surface area contributed by atoms with Crippen LogP contribution >= 0.6 is 11.3 Å². The second-order valence-electron chi connectivity index (χ2n) is 5.38. The Morgan fingerprint density at radius 3 is 2.68 bits per heavy atom. The van der Waals surface area contributed by atoms with Crippen LogP contribution < -0.4 is 11.1 Å². The monoisotopic (exact) mass is 435 g/mol. The Kier molecular flexibility index (Phi) is 6.52. The SMILES string of the molecule is CCCON=C(C(=O)NC1C(=O)N(S(=O)(=O)O)C1C(=O)OC)c1csc(N)n1. The van der Waals surface area contributed by atoms with Crippen LogP contribution in [0.25, 0.3) is 0 Å². The van der Waals surface area contributed by atoms with E-state index in [0.717, 1.165) is 18.4 Å². The van der Waals surface area contributed by atoms with Gasteiger partial charge in [-0.15, -0.1) is 11.3 Å². The molecule has 0 spiro atoms. The minimum absolute atomic E-state index is 0.0594. The number of nitrogens with two attached hydrogens (primary N) is 1. The summed E-state index contributed by atoms with van der Waals surface area (Å²) in [6, 6.07) is -3.37. The number of carbonyl (C=O) groups is 3. The molecule has 0 bridgehead atoms. The lowest BCUT2D eigenvalue weighted by Crippen LogP contribution is -2.74. The first-order chi connectivity index (χ1) is 13.1. The van der Waals surface area contributed by atoms with E-state index < -0.39 is 40.2 Å². The number of anilines is 1. The highest BCUT2D eigenvalue weighted by atomic mass is 32.2. The summed E-state index contributed by atoms with van der Waals surface area (Å²) >= 11 is 1.03. The summed E-state index contributed by atoms with van der Waals surface area (Å²) in [4.78, 5) is 45.3. The van der Waals surface area contributed by atoms with Crippen molar-refractivity contribution in [1.82, 2.24) is 14.6 Å². The van der Waals surface area contributed by atoms with Crippen molar-refractivity contribution in [3.63, 3.8) is 0 Å². The predicted molar refractivity (Wildman–Crippen MR) is 95.4 cm³/mol. The van der Waals surface area contributed by atoms with Gasteiger partial charge in [-0.25, -0.2) is 9.78 Å². The van der Waals surface area contributed by atoms with E-state index in [-0.39, 0.29) is 27.4 Å². The molecule has 154 valence electrons. The van der Waals surface area contributed by atoms with Gasteiger partial charge in [0.2, 0.25) is 0 Å². The van der Waals surface area contributed by atoms with Gasteiger partial charge in [-0.05, 0) is 6.42 Å². The molecule has 2 heterocycles. The molecule has 1 saturated heterocycles. The number of nitrogen functional groups attached to an aromatic ring is 1. The van der Waals surface area contributed by atoms with Gasteiger partial charge < -0.3 is 20.6 Å². The normalized spacial score (nSPS) is 19.8. The number of ether oxygens (including phenoxy) is 1. The lowest BCUT2D eigenvalue weighted by molar-refractivity contribution is -0.162. The molecule has 15 heteroatoms. The second-order valence-corrected chi connectivity index (χ2v) is 7.55. The van der Waals surface area contributed by atoms with E-state index in [1.54, 1.807) is 0 Å². The molecule has 28 heavy (non-hydrogen) atoms. The number of nitrogens with zero attached hydrogens (tertiary/aromatic N) is 3. The van der Waals surface area contributed by atoms with Crippen LogP contribution in [0, 0.1) is 0 Å². The molecule has 2 atom stereocenters. The van der Waals surface area contributed by atoms with Gasteiger partial charge in [0.05, 0.1) is 7.11 Å². The molecule has 2 amide bonds. The van der Waals surface area contributed by atoms with Crippen molar-refractivity contribution >= 4 is 50.3 Å². The molecule has 1 aliphatic heterocycles. The summed E-state index contributed by atoms with van der Waals surface area (Å²) in [7, 11) is -4.07. The van der Waals surface area contributed by atoms with E-state index in [2.05, 4.69) is 20.2 Å². The number of hydrogen-bond acceptors (Lipinski definition) is 11. The van der Waals surface area contributed by atoms with Crippen LogP contribution in [0.2, 0.25) is 0 Å². The van der Waals surface area contributed by atoms with E-state index in [4.69, 9.17) is 15.1 Å². The van der Waals surface area contributed by atoms with Crippen molar-refractivity contribution in [3.05, 3.63) is 11.1 Å². The van der Waals surface area contributed by atoms with Gasteiger partial charge in [0.15, 0.2) is 16.9 Å². The van der Waals surface area contributed by atoms with E-state index in [1.807, 2.05) is 6.92 Å². The maximum Gasteiger partial charge on any atom is 0.363 e. The Morgan fingerprint density at radius 1 is 1.50 bits per heavy atom. The van der Waals surface area contributed by atoms with Crippen molar-refractivity contribution in [2.24, 2.45) is 5.16 Å². The molecule has 2 unspecified atom stereocenters. The van der Waals surface area contributed by atoms with Gasteiger partial charge in [-0.2, -0.15) is 12.7 Å². The van der Waals surface area contributed by atoms with Crippen molar-refractivity contribution in [3.8, 4) is 0 Å². The number of carbonyl (C=O) groups excluding carboxylic acids is 3. The third-order valence-corrected chi connectivity index (χ3v) is 5.04. The van der Waals surface area contributed by atoms with Crippen LogP contribution in [-0.2, 0) is 34.3 Å². The fourth-order valence-corrected chi connectivity index (χ4v) is 3.61. The highest BCUT2D eigenvalue weighted by Crippen LogP contribution is 2.25. The molecule has 0 saturated carbocycles. The van der Waals surface area contributed by atoms with Crippen molar-refractivity contribution in [2.45, 2.75) is 25.4 Å². The first-order valence-electron chi connectivity index (χ1n) is 7.72. The molecule has 1 fully saturated rings. The molecule has 4 N–H and O–H groups in total. The lowest BCUT2D eigenvalue weighted by atomic mass is 9.98. The standard InChI is InChI=1S/C13H17N5O8S2/c1-3-4-26-17-7(6-5-27-13(14)15-6)10(19)16-8-9(12(21)25-2)18(11(8)20)28(22,23)24/h5,8-9H,3-4H2,1-2H3,(H2,14,15)(H,16,19)(H,22,23,24). The summed E-state index contributed by atoms with van der Waals surface area (Å²) in [5.74, 6) is -3.34. The van der Waals surface area contributed by atoms with Gasteiger partial charge in [0.25, 0.3) is 11.8 Å². The highest BCUT2D eigenvalue weighted by Gasteiger charge is 2.58. The van der Waals surface area contributed by atoms with Gasteiger partial charge in [-0.1, -0.05) is 12.1 Å². The molecule has 2 rings (SSSR count). The van der Waals surface area contributed by atoms with Crippen LogP contribution in [0.3, 0.4) is 0 Å². The van der Waals surface area contributed by atoms with Gasteiger partial charge in [0.1, 0.15) is 18.3 Å². The zero-order valence-electron chi connectivity index (χ0n) is 14.7. The van der Waals surface area contributed by atoms with Gasteiger partial charge >= 0.3 is 16.3 Å². The number of thiazole rings is 1. The molecule has 0 aromatic carbocycles. The minimum Gasteiger partial charge on any atom is -0.467 e. The third kappa shape index (κ3) is 4.37. The number of aromatic nitrogens is 1. The first kappa shape index (κ1) is 21.5. The topological polar surface area (TPSA) is 191 Å². The van der Waals surface area contributed by atoms with E-state index >= 15 is 0 Å². The maximum absolute atomic E-state index is 12.6. The number of rotatable bonds is 8. The van der Waals surface area contributed by atoms with Crippen LogP contribution in [0.4, 0.5) is 5.13 Å². The molecule has 0 radical (unpaired) electrons. The number of β-lactam (4-membered cyclic amide) rings is 1. The average molecular weight is 435 g/mol. The first-order valence-corrected chi connectivity index (χ1v) is 10.00.